The van der Waals surface area contributed by atoms with Gasteiger partial charge in [0, 0.05) is 24.7 Å². The predicted molar refractivity (Wildman–Crippen MR) is 118 cm³/mol. The van der Waals surface area contributed by atoms with Gasteiger partial charge in [-0.05, 0) is 43.4 Å². The van der Waals surface area contributed by atoms with Crippen LogP contribution in [0.5, 0.6) is 11.5 Å². The SMILES string of the molecule is COc1ccc(S(=O)(=O)NC2CCC(NC(=O)NCc3ccccc3)CC2)cc1OC. The molecule has 31 heavy (non-hydrogen) atoms. The van der Waals surface area contributed by atoms with Crippen molar-refractivity contribution in [1.29, 1.82) is 0 Å². The zero-order valence-corrected chi connectivity index (χ0v) is 18.6. The van der Waals surface area contributed by atoms with Crippen LogP contribution in [0.1, 0.15) is 31.2 Å². The Morgan fingerprint density at radius 1 is 0.935 bits per heavy atom. The molecule has 1 saturated carbocycles. The number of nitrogens with one attached hydrogen (secondary N) is 3. The second-order valence-electron chi connectivity index (χ2n) is 7.50. The first-order valence-electron chi connectivity index (χ1n) is 10.2. The van der Waals surface area contributed by atoms with Crippen LogP contribution in [0.4, 0.5) is 4.79 Å². The van der Waals surface area contributed by atoms with Crippen molar-refractivity contribution in [2.45, 2.75) is 49.2 Å². The molecule has 0 radical (unpaired) electrons. The number of sulfonamides is 1. The number of carbonyl (C=O) groups is 1. The lowest BCUT2D eigenvalue weighted by atomic mass is 9.92. The number of ether oxygens (including phenoxy) is 2. The molecule has 0 saturated heterocycles. The summed E-state index contributed by atoms with van der Waals surface area (Å²) in [6.07, 6.45) is 2.71. The number of benzene rings is 2. The molecule has 1 aliphatic carbocycles. The third-order valence-electron chi connectivity index (χ3n) is 5.35. The molecule has 0 spiro atoms. The summed E-state index contributed by atoms with van der Waals surface area (Å²) in [5.74, 6) is 0.832. The van der Waals surface area contributed by atoms with Gasteiger partial charge in [0.25, 0.3) is 0 Å². The van der Waals surface area contributed by atoms with Gasteiger partial charge in [-0.3, -0.25) is 0 Å². The van der Waals surface area contributed by atoms with E-state index in [0.717, 1.165) is 5.56 Å². The first-order valence-corrected chi connectivity index (χ1v) is 11.7. The van der Waals surface area contributed by atoms with Crippen molar-refractivity contribution in [2.24, 2.45) is 0 Å². The summed E-state index contributed by atoms with van der Waals surface area (Å²) < 4.78 is 38.6. The number of amides is 2. The summed E-state index contributed by atoms with van der Waals surface area (Å²) in [6, 6.07) is 13.9. The molecule has 0 unspecified atom stereocenters. The van der Waals surface area contributed by atoms with E-state index in [1.54, 1.807) is 6.07 Å². The number of carbonyl (C=O) groups excluding carboxylic acids is 1. The summed E-state index contributed by atoms with van der Waals surface area (Å²) in [5, 5.41) is 5.83. The summed E-state index contributed by atoms with van der Waals surface area (Å²) in [7, 11) is -0.720. The molecule has 168 valence electrons. The molecule has 3 N–H and O–H groups in total. The van der Waals surface area contributed by atoms with Gasteiger partial charge in [0.05, 0.1) is 19.1 Å². The lowest BCUT2D eigenvalue weighted by Gasteiger charge is -2.29. The molecule has 0 atom stereocenters. The number of urea groups is 1. The topological polar surface area (TPSA) is 106 Å². The van der Waals surface area contributed by atoms with Crippen molar-refractivity contribution in [3.8, 4) is 11.5 Å². The van der Waals surface area contributed by atoms with Crippen LogP contribution in [0.2, 0.25) is 0 Å². The summed E-state index contributed by atoms with van der Waals surface area (Å²) in [4.78, 5) is 12.3. The monoisotopic (exact) mass is 447 g/mol. The molecule has 1 fully saturated rings. The number of rotatable bonds is 8. The predicted octanol–water partition coefficient (Wildman–Crippen LogP) is 2.79. The zero-order valence-electron chi connectivity index (χ0n) is 17.8. The highest BCUT2D eigenvalue weighted by Gasteiger charge is 2.27. The quantitative estimate of drug-likeness (QED) is 0.577. The van der Waals surface area contributed by atoms with Crippen LogP contribution in [0.3, 0.4) is 0 Å². The number of hydrogen-bond acceptors (Lipinski definition) is 5. The molecule has 0 bridgehead atoms. The molecular formula is C22H29N3O5S. The lowest BCUT2D eigenvalue weighted by Crippen LogP contribution is -2.46. The van der Waals surface area contributed by atoms with Gasteiger partial charge in [-0.1, -0.05) is 30.3 Å². The molecule has 1 aliphatic rings. The molecule has 2 aromatic rings. The molecule has 2 aromatic carbocycles. The highest BCUT2D eigenvalue weighted by Crippen LogP contribution is 2.30. The Morgan fingerprint density at radius 3 is 2.23 bits per heavy atom. The molecule has 9 heteroatoms. The van der Waals surface area contributed by atoms with E-state index in [0.29, 0.717) is 43.7 Å². The minimum Gasteiger partial charge on any atom is -0.493 e. The number of hydrogen-bond donors (Lipinski definition) is 3. The first-order chi connectivity index (χ1) is 14.9. The van der Waals surface area contributed by atoms with Crippen LogP contribution < -0.4 is 24.8 Å². The first kappa shape index (κ1) is 22.9. The van der Waals surface area contributed by atoms with E-state index in [2.05, 4.69) is 15.4 Å². The Labute approximate surface area is 183 Å². The Bertz CT molecular complexity index is 974. The smallest absolute Gasteiger partial charge is 0.315 e. The van der Waals surface area contributed by atoms with E-state index in [-0.39, 0.29) is 23.0 Å². The van der Waals surface area contributed by atoms with Crippen LogP contribution in [0.25, 0.3) is 0 Å². The Morgan fingerprint density at radius 2 is 1.58 bits per heavy atom. The maximum atomic E-state index is 12.8. The largest absolute Gasteiger partial charge is 0.493 e. The fourth-order valence-electron chi connectivity index (χ4n) is 3.64. The van der Waals surface area contributed by atoms with E-state index < -0.39 is 10.0 Å². The molecule has 0 heterocycles. The van der Waals surface area contributed by atoms with Crippen molar-refractivity contribution in [3.63, 3.8) is 0 Å². The maximum absolute atomic E-state index is 12.8. The van der Waals surface area contributed by atoms with Gasteiger partial charge in [-0.25, -0.2) is 17.9 Å². The minimum atomic E-state index is -3.68. The zero-order chi connectivity index (χ0) is 22.3. The summed E-state index contributed by atoms with van der Waals surface area (Å²) in [5.41, 5.74) is 1.03. The third-order valence-corrected chi connectivity index (χ3v) is 6.86. The second kappa shape index (κ2) is 10.5. The van der Waals surface area contributed by atoms with Gasteiger partial charge in [0.15, 0.2) is 11.5 Å². The van der Waals surface area contributed by atoms with Crippen LogP contribution in [-0.2, 0) is 16.6 Å². The lowest BCUT2D eigenvalue weighted by molar-refractivity contribution is 0.230. The Kier molecular flexibility index (Phi) is 7.75. The Balaban J connectivity index is 1.47. The van der Waals surface area contributed by atoms with Crippen LogP contribution in [-0.4, -0.2) is 40.8 Å². The molecule has 3 rings (SSSR count). The highest BCUT2D eigenvalue weighted by atomic mass is 32.2. The fraction of sp³-hybridized carbons (Fsp3) is 0.409. The van der Waals surface area contributed by atoms with Crippen LogP contribution in [0, 0.1) is 0 Å². The highest BCUT2D eigenvalue weighted by molar-refractivity contribution is 7.89. The molecular weight excluding hydrogens is 418 g/mol. The third kappa shape index (κ3) is 6.35. The molecule has 2 amide bonds. The van der Waals surface area contributed by atoms with Crippen LogP contribution >= 0.6 is 0 Å². The molecule has 8 nitrogen and oxygen atoms in total. The second-order valence-corrected chi connectivity index (χ2v) is 9.21. The minimum absolute atomic E-state index is 0.0256. The summed E-state index contributed by atoms with van der Waals surface area (Å²) in [6.45, 7) is 0.465. The van der Waals surface area contributed by atoms with E-state index >= 15 is 0 Å². The van der Waals surface area contributed by atoms with Gasteiger partial charge in [-0.15, -0.1) is 0 Å². The average Bonchev–Trinajstić information content (AvgIpc) is 2.79. The number of methoxy groups -OCH3 is 2. The van der Waals surface area contributed by atoms with Crippen molar-refractivity contribution in [1.82, 2.24) is 15.4 Å². The van der Waals surface area contributed by atoms with Gasteiger partial charge < -0.3 is 20.1 Å². The van der Waals surface area contributed by atoms with Crippen LogP contribution in [0.15, 0.2) is 53.4 Å². The van der Waals surface area contributed by atoms with Crippen molar-refractivity contribution >= 4 is 16.1 Å². The molecule has 0 aliphatic heterocycles. The fourth-order valence-corrected chi connectivity index (χ4v) is 4.96. The van der Waals surface area contributed by atoms with E-state index in [4.69, 9.17) is 9.47 Å². The van der Waals surface area contributed by atoms with E-state index in [1.165, 1.54) is 26.4 Å². The average molecular weight is 448 g/mol. The Hall–Kier alpha value is -2.78. The normalized spacial score (nSPS) is 18.8. The standard InChI is InChI=1S/C22H29N3O5S/c1-29-20-13-12-19(14-21(20)30-2)31(27,28)25-18-10-8-17(9-11-18)24-22(26)23-15-16-6-4-3-5-7-16/h3-7,12-14,17-18,25H,8-11,15H2,1-2H3,(H2,23,24,26). The van der Waals surface area contributed by atoms with Gasteiger partial charge in [0.1, 0.15) is 0 Å². The van der Waals surface area contributed by atoms with Gasteiger partial charge >= 0.3 is 6.03 Å². The van der Waals surface area contributed by atoms with Gasteiger partial charge in [0.2, 0.25) is 10.0 Å². The maximum Gasteiger partial charge on any atom is 0.315 e. The van der Waals surface area contributed by atoms with Crippen molar-refractivity contribution in [2.75, 3.05) is 14.2 Å². The molecule has 0 aromatic heterocycles. The summed E-state index contributed by atoms with van der Waals surface area (Å²) >= 11 is 0. The van der Waals surface area contributed by atoms with E-state index in [1.807, 2.05) is 30.3 Å². The van der Waals surface area contributed by atoms with Crippen molar-refractivity contribution in [3.05, 3.63) is 54.1 Å². The van der Waals surface area contributed by atoms with E-state index in [9.17, 15) is 13.2 Å². The van der Waals surface area contributed by atoms with Crippen molar-refractivity contribution < 1.29 is 22.7 Å². The van der Waals surface area contributed by atoms with Gasteiger partial charge in [-0.2, -0.15) is 0 Å².